The van der Waals surface area contributed by atoms with Gasteiger partial charge in [-0.25, -0.2) is 0 Å². The first-order valence-electron chi connectivity index (χ1n) is 7.62. The first-order valence-corrected chi connectivity index (χ1v) is 7.62. The van der Waals surface area contributed by atoms with E-state index in [2.05, 4.69) is 6.92 Å². The Bertz CT molecular complexity index is 532. The number of para-hydroxylation sites is 1. The van der Waals surface area contributed by atoms with Crippen LogP contribution < -0.4 is 15.2 Å². The van der Waals surface area contributed by atoms with Gasteiger partial charge in [-0.3, -0.25) is 4.79 Å². The molecule has 0 unspecified atom stereocenters. The van der Waals surface area contributed by atoms with E-state index in [0.717, 1.165) is 19.4 Å². The van der Waals surface area contributed by atoms with Crippen LogP contribution in [0.3, 0.4) is 0 Å². The van der Waals surface area contributed by atoms with E-state index in [1.165, 1.54) is 0 Å². The summed E-state index contributed by atoms with van der Waals surface area (Å²) in [4.78, 5) is 14.8. The van der Waals surface area contributed by atoms with Crippen molar-refractivity contribution < 1.29 is 14.3 Å². The Hall–Kier alpha value is -1.75. The summed E-state index contributed by atoms with van der Waals surface area (Å²) in [7, 11) is 0. The molecule has 0 bridgehead atoms. The van der Waals surface area contributed by atoms with Gasteiger partial charge in [0.05, 0.1) is 5.56 Å². The fourth-order valence-corrected chi connectivity index (χ4v) is 3.26. The summed E-state index contributed by atoms with van der Waals surface area (Å²) in [6.45, 7) is 4.43. The lowest BCUT2D eigenvalue weighted by molar-refractivity contribution is 0.0524. The number of hydrogen-bond donors (Lipinski definition) is 1. The van der Waals surface area contributed by atoms with Gasteiger partial charge in [0.25, 0.3) is 5.91 Å². The number of nitrogens with two attached hydrogens (primary N) is 1. The molecular weight excluding hydrogens is 268 g/mol. The highest BCUT2D eigenvalue weighted by Crippen LogP contribution is 2.35. The first-order chi connectivity index (χ1) is 10.2. The summed E-state index contributed by atoms with van der Waals surface area (Å²) in [5.74, 6) is 1.66. The molecule has 0 aromatic heterocycles. The molecule has 5 nitrogen and oxygen atoms in total. The van der Waals surface area contributed by atoms with Crippen LogP contribution in [-0.2, 0) is 0 Å². The van der Waals surface area contributed by atoms with Crippen molar-refractivity contribution >= 4 is 5.91 Å². The summed E-state index contributed by atoms with van der Waals surface area (Å²) >= 11 is 0. The third-order valence-electron chi connectivity index (χ3n) is 4.41. The van der Waals surface area contributed by atoms with Crippen LogP contribution >= 0.6 is 0 Å². The van der Waals surface area contributed by atoms with Gasteiger partial charge >= 0.3 is 0 Å². The minimum absolute atomic E-state index is 0.000602. The average molecular weight is 290 g/mol. The summed E-state index contributed by atoms with van der Waals surface area (Å²) in [6.07, 6.45) is 2.15. The van der Waals surface area contributed by atoms with E-state index < -0.39 is 0 Å². The standard InChI is InChI=1S/C16H22N2O3/c1-11-4-3-7-18(13(11)10-17)16(19)12-5-2-6-14-15(12)21-9-8-20-14/h2,5-6,11,13H,3-4,7-10,17H2,1H3/t11-,13-/m0/s1. The molecule has 0 saturated carbocycles. The molecule has 2 aliphatic rings. The third-order valence-corrected chi connectivity index (χ3v) is 4.41. The van der Waals surface area contributed by atoms with E-state index in [1.807, 2.05) is 23.1 Å². The van der Waals surface area contributed by atoms with Crippen molar-refractivity contribution in [1.82, 2.24) is 4.90 Å². The Morgan fingerprint density at radius 2 is 2.19 bits per heavy atom. The highest BCUT2D eigenvalue weighted by Gasteiger charge is 2.33. The molecular formula is C16H22N2O3. The van der Waals surface area contributed by atoms with Gasteiger partial charge in [0.15, 0.2) is 11.5 Å². The number of carbonyl (C=O) groups excluding carboxylic acids is 1. The molecule has 5 heteroatoms. The topological polar surface area (TPSA) is 64.8 Å². The van der Waals surface area contributed by atoms with Crippen LogP contribution in [-0.4, -0.2) is 43.2 Å². The van der Waals surface area contributed by atoms with E-state index in [9.17, 15) is 4.79 Å². The van der Waals surface area contributed by atoms with Crippen LogP contribution in [0.2, 0.25) is 0 Å². The molecule has 1 aromatic rings. The van der Waals surface area contributed by atoms with Crippen molar-refractivity contribution in [3.8, 4) is 11.5 Å². The Kier molecular flexibility index (Phi) is 4.01. The van der Waals surface area contributed by atoms with Crippen LogP contribution in [0.4, 0.5) is 0 Å². The summed E-state index contributed by atoms with van der Waals surface area (Å²) in [5.41, 5.74) is 6.47. The number of amides is 1. The molecule has 0 spiro atoms. The Balaban J connectivity index is 1.91. The smallest absolute Gasteiger partial charge is 0.258 e. The molecule has 2 atom stereocenters. The van der Waals surface area contributed by atoms with Crippen LogP contribution in [0.15, 0.2) is 18.2 Å². The van der Waals surface area contributed by atoms with Gasteiger partial charge in [0.2, 0.25) is 0 Å². The van der Waals surface area contributed by atoms with Gasteiger partial charge < -0.3 is 20.1 Å². The van der Waals surface area contributed by atoms with Gasteiger partial charge in [0, 0.05) is 19.1 Å². The average Bonchev–Trinajstić information content (AvgIpc) is 2.53. The second-order valence-corrected chi connectivity index (χ2v) is 5.75. The zero-order valence-corrected chi connectivity index (χ0v) is 12.4. The van der Waals surface area contributed by atoms with Crippen LogP contribution in [0, 0.1) is 5.92 Å². The second kappa shape index (κ2) is 5.93. The molecule has 1 fully saturated rings. The monoisotopic (exact) mass is 290 g/mol. The van der Waals surface area contributed by atoms with Crippen molar-refractivity contribution in [2.45, 2.75) is 25.8 Å². The van der Waals surface area contributed by atoms with Gasteiger partial charge in [-0.2, -0.15) is 0 Å². The van der Waals surface area contributed by atoms with Crippen molar-refractivity contribution in [3.05, 3.63) is 23.8 Å². The summed E-state index contributed by atoms with van der Waals surface area (Å²) in [6, 6.07) is 5.59. The van der Waals surface area contributed by atoms with Crippen molar-refractivity contribution in [2.75, 3.05) is 26.3 Å². The fourth-order valence-electron chi connectivity index (χ4n) is 3.26. The predicted octanol–water partition coefficient (Wildman–Crippen LogP) is 1.66. The van der Waals surface area contributed by atoms with Gasteiger partial charge in [-0.05, 0) is 30.9 Å². The number of hydrogen-bond acceptors (Lipinski definition) is 4. The minimum atomic E-state index is -0.000602. The lowest BCUT2D eigenvalue weighted by Crippen LogP contribution is -2.51. The van der Waals surface area contributed by atoms with Crippen molar-refractivity contribution in [2.24, 2.45) is 11.7 Å². The van der Waals surface area contributed by atoms with Gasteiger partial charge in [-0.1, -0.05) is 13.0 Å². The Morgan fingerprint density at radius 1 is 1.38 bits per heavy atom. The molecule has 3 rings (SSSR count). The number of carbonyl (C=O) groups is 1. The molecule has 21 heavy (non-hydrogen) atoms. The Labute approximate surface area is 125 Å². The number of likely N-dealkylation sites (tertiary alicyclic amines) is 1. The van der Waals surface area contributed by atoms with E-state index >= 15 is 0 Å². The van der Waals surface area contributed by atoms with Crippen LogP contribution in [0.25, 0.3) is 0 Å². The maximum Gasteiger partial charge on any atom is 0.258 e. The Morgan fingerprint density at radius 3 is 3.00 bits per heavy atom. The molecule has 2 N–H and O–H groups in total. The fraction of sp³-hybridized carbons (Fsp3) is 0.562. The zero-order chi connectivity index (χ0) is 14.8. The maximum atomic E-state index is 12.9. The summed E-state index contributed by atoms with van der Waals surface area (Å²) in [5, 5.41) is 0. The second-order valence-electron chi connectivity index (χ2n) is 5.75. The molecule has 0 radical (unpaired) electrons. The number of nitrogens with zero attached hydrogens (tertiary/aromatic N) is 1. The SMILES string of the molecule is C[C@H]1CCCN(C(=O)c2cccc3c2OCCO3)[C@H]1CN. The zero-order valence-electron chi connectivity index (χ0n) is 12.4. The van der Waals surface area contributed by atoms with E-state index in [4.69, 9.17) is 15.2 Å². The lowest BCUT2D eigenvalue weighted by Gasteiger charge is -2.39. The molecule has 114 valence electrons. The summed E-state index contributed by atoms with van der Waals surface area (Å²) < 4.78 is 11.2. The van der Waals surface area contributed by atoms with Gasteiger partial charge in [0.1, 0.15) is 13.2 Å². The number of piperidine rings is 1. The normalized spacial score (nSPS) is 24.8. The molecule has 0 aliphatic carbocycles. The predicted molar refractivity (Wildman–Crippen MR) is 79.7 cm³/mol. The van der Waals surface area contributed by atoms with Gasteiger partial charge in [-0.15, -0.1) is 0 Å². The maximum absolute atomic E-state index is 12.9. The molecule has 1 aromatic carbocycles. The van der Waals surface area contributed by atoms with Crippen molar-refractivity contribution in [1.29, 1.82) is 0 Å². The van der Waals surface area contributed by atoms with Crippen LogP contribution in [0.5, 0.6) is 11.5 Å². The van der Waals surface area contributed by atoms with E-state index in [0.29, 0.717) is 42.7 Å². The van der Waals surface area contributed by atoms with Crippen LogP contribution in [0.1, 0.15) is 30.1 Å². The number of fused-ring (bicyclic) bond motifs is 1. The highest BCUT2D eigenvalue weighted by atomic mass is 16.6. The van der Waals surface area contributed by atoms with Crippen molar-refractivity contribution in [3.63, 3.8) is 0 Å². The molecule has 1 amide bonds. The molecule has 2 heterocycles. The lowest BCUT2D eigenvalue weighted by atomic mass is 9.90. The quantitative estimate of drug-likeness (QED) is 0.899. The van der Waals surface area contributed by atoms with E-state index in [1.54, 1.807) is 0 Å². The number of benzene rings is 1. The van der Waals surface area contributed by atoms with E-state index in [-0.39, 0.29) is 11.9 Å². The largest absolute Gasteiger partial charge is 0.486 e. The molecule has 2 aliphatic heterocycles. The first kappa shape index (κ1) is 14.2. The third kappa shape index (κ3) is 2.58. The number of ether oxygens (including phenoxy) is 2. The number of rotatable bonds is 2. The molecule has 1 saturated heterocycles. The minimum Gasteiger partial charge on any atom is -0.486 e. The highest BCUT2D eigenvalue weighted by molar-refractivity contribution is 5.98.